The highest BCUT2D eigenvalue weighted by atomic mass is 127. The van der Waals surface area contributed by atoms with Gasteiger partial charge in [0, 0.05) is 44.3 Å². The number of hydrogen-bond donors (Lipinski definition) is 1. The van der Waals surface area contributed by atoms with Crippen molar-refractivity contribution in [1.29, 1.82) is 0 Å². The summed E-state index contributed by atoms with van der Waals surface area (Å²) in [7, 11) is 0. The molecular weight excluding hydrogens is 495 g/mol. The highest BCUT2D eigenvalue weighted by Gasteiger charge is 2.19. The van der Waals surface area contributed by atoms with Crippen LogP contribution in [0.4, 0.5) is 5.13 Å². The molecule has 29 heavy (non-hydrogen) atoms. The molecule has 0 bridgehead atoms. The van der Waals surface area contributed by atoms with Crippen molar-refractivity contribution in [3.05, 3.63) is 47.0 Å². The summed E-state index contributed by atoms with van der Waals surface area (Å²) in [5.74, 6) is 0.649. The molecule has 2 aliphatic rings. The molecule has 1 aromatic heterocycles. The first-order chi connectivity index (χ1) is 13.8. The molecule has 8 heteroatoms. The third kappa shape index (κ3) is 6.29. The van der Waals surface area contributed by atoms with Gasteiger partial charge >= 0.3 is 0 Å². The Labute approximate surface area is 194 Å². The van der Waals surface area contributed by atoms with Crippen LogP contribution in [0.2, 0.25) is 0 Å². The van der Waals surface area contributed by atoms with E-state index in [-0.39, 0.29) is 24.0 Å². The van der Waals surface area contributed by atoms with E-state index >= 15 is 0 Å². The maximum atomic E-state index is 6.25. The molecule has 4 rings (SSSR count). The molecule has 2 fully saturated rings. The van der Waals surface area contributed by atoms with Crippen molar-refractivity contribution in [2.75, 3.05) is 44.2 Å². The monoisotopic (exact) mass is 526 g/mol. The quantitative estimate of drug-likeness (QED) is 0.368. The van der Waals surface area contributed by atoms with E-state index in [1.165, 1.54) is 43.5 Å². The van der Waals surface area contributed by atoms with Crippen LogP contribution in [0.1, 0.15) is 30.4 Å². The molecular formula is C21H31IN6S. The lowest BCUT2D eigenvalue weighted by atomic mass is 10.1. The van der Waals surface area contributed by atoms with Gasteiger partial charge in [0.05, 0.1) is 6.54 Å². The summed E-state index contributed by atoms with van der Waals surface area (Å²) < 4.78 is 0. The van der Waals surface area contributed by atoms with Crippen LogP contribution in [0.25, 0.3) is 0 Å². The normalized spacial score (nSPS) is 18.6. The number of hydrogen-bond acceptors (Lipinski definition) is 5. The highest BCUT2D eigenvalue weighted by Crippen LogP contribution is 2.19. The minimum absolute atomic E-state index is 0. The summed E-state index contributed by atoms with van der Waals surface area (Å²) >= 11 is 1.69. The largest absolute Gasteiger partial charge is 0.370 e. The fraction of sp³-hybridized carbons (Fsp3) is 0.524. The summed E-state index contributed by atoms with van der Waals surface area (Å²) in [5.41, 5.74) is 8.86. The number of anilines is 1. The molecule has 2 aliphatic heterocycles. The fourth-order valence-electron chi connectivity index (χ4n) is 3.90. The molecule has 6 nitrogen and oxygen atoms in total. The Kier molecular flexibility index (Phi) is 8.55. The zero-order chi connectivity index (χ0) is 19.2. The number of halogens is 1. The summed E-state index contributed by atoms with van der Waals surface area (Å²) in [6, 6.07) is 8.86. The smallest absolute Gasteiger partial charge is 0.191 e. The van der Waals surface area contributed by atoms with Crippen LogP contribution in [0.3, 0.4) is 0 Å². The second kappa shape index (κ2) is 11.1. The lowest BCUT2D eigenvalue weighted by molar-refractivity contribution is 0.221. The number of thiazole rings is 1. The maximum Gasteiger partial charge on any atom is 0.191 e. The molecule has 3 heterocycles. The average Bonchev–Trinajstić information content (AvgIpc) is 3.29. The molecule has 0 amide bonds. The van der Waals surface area contributed by atoms with E-state index in [0.29, 0.717) is 12.5 Å². The first-order valence-electron chi connectivity index (χ1n) is 10.3. The molecule has 0 unspecified atom stereocenters. The van der Waals surface area contributed by atoms with Gasteiger partial charge in [0.25, 0.3) is 0 Å². The highest BCUT2D eigenvalue weighted by molar-refractivity contribution is 14.0. The zero-order valence-electron chi connectivity index (χ0n) is 16.9. The van der Waals surface area contributed by atoms with E-state index in [9.17, 15) is 0 Å². The number of piperazine rings is 1. The molecule has 0 saturated carbocycles. The first kappa shape index (κ1) is 22.3. The molecule has 2 aromatic rings. The standard InChI is InChI=1S/C21H30N6S.HI/c22-20(26-11-13-27(14-12-26)21-23-8-15-28-21)24-16-18-4-6-19(7-5-18)17-25-9-2-1-3-10-25;/h4-8,15H,1-3,9-14,16-17H2,(H2,22,24);1H. The van der Waals surface area contributed by atoms with Crippen LogP contribution < -0.4 is 10.6 Å². The van der Waals surface area contributed by atoms with Crippen LogP contribution in [-0.4, -0.2) is 60.0 Å². The lowest BCUT2D eigenvalue weighted by Crippen LogP contribution is -2.51. The molecule has 0 spiro atoms. The Hall–Kier alpha value is -1.39. The second-order valence-electron chi connectivity index (χ2n) is 7.62. The number of nitrogens with two attached hydrogens (primary N) is 1. The van der Waals surface area contributed by atoms with Crippen molar-refractivity contribution in [2.45, 2.75) is 32.4 Å². The van der Waals surface area contributed by atoms with Crippen molar-refractivity contribution in [1.82, 2.24) is 14.8 Å². The summed E-state index contributed by atoms with van der Waals surface area (Å²) in [5, 5.41) is 3.12. The van der Waals surface area contributed by atoms with Gasteiger partial charge in [-0.25, -0.2) is 9.98 Å². The predicted molar refractivity (Wildman–Crippen MR) is 132 cm³/mol. The summed E-state index contributed by atoms with van der Waals surface area (Å²) in [6.45, 7) is 7.84. The lowest BCUT2D eigenvalue weighted by Gasteiger charge is -2.35. The van der Waals surface area contributed by atoms with E-state index in [4.69, 9.17) is 5.73 Å². The van der Waals surface area contributed by atoms with Crippen molar-refractivity contribution >= 4 is 46.4 Å². The maximum absolute atomic E-state index is 6.25. The average molecular weight is 526 g/mol. The number of nitrogens with zero attached hydrogens (tertiary/aromatic N) is 5. The van der Waals surface area contributed by atoms with Gasteiger partial charge < -0.3 is 15.5 Å². The summed E-state index contributed by atoms with van der Waals surface area (Å²) in [6.07, 6.45) is 5.92. The minimum Gasteiger partial charge on any atom is -0.370 e. The van der Waals surface area contributed by atoms with E-state index in [1.807, 2.05) is 11.6 Å². The number of benzene rings is 1. The Bertz CT molecular complexity index is 750. The van der Waals surface area contributed by atoms with Gasteiger partial charge in [-0.1, -0.05) is 30.7 Å². The van der Waals surface area contributed by atoms with Crippen LogP contribution in [0.15, 0.2) is 40.8 Å². The Morgan fingerprint density at radius 3 is 2.31 bits per heavy atom. The van der Waals surface area contributed by atoms with E-state index < -0.39 is 0 Å². The van der Waals surface area contributed by atoms with Crippen molar-refractivity contribution in [2.24, 2.45) is 10.7 Å². The molecule has 158 valence electrons. The van der Waals surface area contributed by atoms with E-state index in [0.717, 1.165) is 37.9 Å². The number of aliphatic imine (C=N–C) groups is 1. The topological polar surface area (TPSA) is 61.0 Å². The molecule has 1 aromatic carbocycles. The number of piperidine rings is 1. The zero-order valence-corrected chi connectivity index (χ0v) is 20.0. The fourth-order valence-corrected chi connectivity index (χ4v) is 4.59. The second-order valence-corrected chi connectivity index (χ2v) is 8.49. The Morgan fingerprint density at radius 2 is 1.66 bits per heavy atom. The van der Waals surface area contributed by atoms with Crippen LogP contribution in [0, 0.1) is 0 Å². The van der Waals surface area contributed by atoms with Crippen molar-refractivity contribution in [3.8, 4) is 0 Å². The molecule has 0 radical (unpaired) electrons. The van der Waals surface area contributed by atoms with Gasteiger partial charge in [-0.2, -0.15) is 0 Å². The van der Waals surface area contributed by atoms with Gasteiger partial charge in [-0.15, -0.1) is 35.3 Å². The summed E-state index contributed by atoms with van der Waals surface area (Å²) in [4.78, 5) is 16.1. The van der Waals surface area contributed by atoms with Gasteiger partial charge in [-0.3, -0.25) is 4.90 Å². The van der Waals surface area contributed by atoms with Crippen LogP contribution in [-0.2, 0) is 13.1 Å². The molecule has 0 atom stereocenters. The van der Waals surface area contributed by atoms with Crippen LogP contribution in [0.5, 0.6) is 0 Å². The van der Waals surface area contributed by atoms with Crippen molar-refractivity contribution < 1.29 is 0 Å². The van der Waals surface area contributed by atoms with E-state index in [2.05, 4.69) is 48.9 Å². The number of aromatic nitrogens is 1. The first-order valence-corrected chi connectivity index (χ1v) is 11.2. The third-order valence-corrected chi connectivity index (χ3v) is 6.43. The predicted octanol–water partition coefficient (Wildman–Crippen LogP) is 3.38. The van der Waals surface area contributed by atoms with Gasteiger partial charge in [0.1, 0.15) is 0 Å². The van der Waals surface area contributed by atoms with Crippen LogP contribution >= 0.6 is 35.3 Å². The number of guanidine groups is 1. The Balaban J connectivity index is 0.00000240. The molecule has 0 aliphatic carbocycles. The third-order valence-electron chi connectivity index (χ3n) is 5.59. The number of likely N-dealkylation sites (tertiary alicyclic amines) is 1. The molecule has 2 saturated heterocycles. The van der Waals surface area contributed by atoms with Crippen molar-refractivity contribution in [3.63, 3.8) is 0 Å². The minimum atomic E-state index is 0. The molecule has 2 N–H and O–H groups in total. The van der Waals surface area contributed by atoms with Gasteiger partial charge in [-0.05, 0) is 37.1 Å². The van der Waals surface area contributed by atoms with Gasteiger partial charge in [0.15, 0.2) is 11.1 Å². The van der Waals surface area contributed by atoms with E-state index in [1.54, 1.807) is 11.3 Å². The Morgan fingerprint density at radius 1 is 0.966 bits per heavy atom. The SMILES string of the molecule is I.NC(=NCc1ccc(CN2CCCCC2)cc1)N1CCN(c2nccs2)CC1. The number of rotatable bonds is 5. The van der Waals surface area contributed by atoms with Gasteiger partial charge in [0.2, 0.25) is 0 Å².